The van der Waals surface area contributed by atoms with E-state index in [-0.39, 0.29) is 6.61 Å². The molecule has 0 amide bonds. The Kier molecular flexibility index (Phi) is 9.46. The normalized spacial score (nSPS) is 14.6. The van der Waals surface area contributed by atoms with Crippen molar-refractivity contribution in [2.24, 2.45) is 0 Å². The minimum atomic E-state index is -0.558. The number of anilines is 1. The lowest BCUT2D eigenvalue weighted by Crippen LogP contribution is -2.29. The molecule has 2 heterocycles. The number of carbonyl (C=O) groups excluding carboxylic acids is 1. The Morgan fingerprint density at radius 3 is 2.63 bits per heavy atom. The van der Waals surface area contributed by atoms with Crippen LogP contribution < -0.4 is 14.8 Å². The summed E-state index contributed by atoms with van der Waals surface area (Å²) in [5.41, 5.74) is 2.79. The molecule has 0 spiro atoms. The van der Waals surface area contributed by atoms with Crippen molar-refractivity contribution in [1.29, 1.82) is 0 Å². The van der Waals surface area contributed by atoms with Gasteiger partial charge in [0, 0.05) is 11.4 Å². The number of hydrogen-bond donors (Lipinski definition) is 1. The molecule has 1 aliphatic rings. The molecule has 38 heavy (non-hydrogen) atoms. The Morgan fingerprint density at radius 1 is 1.11 bits per heavy atom. The number of nitrogens with one attached hydrogen (secondary N) is 1. The molecule has 0 aliphatic carbocycles. The molecule has 202 valence electrons. The molecule has 0 saturated heterocycles. The van der Waals surface area contributed by atoms with Crippen molar-refractivity contribution in [3.05, 3.63) is 68.8 Å². The third kappa shape index (κ3) is 6.22. The molecule has 2 aromatic carbocycles. The van der Waals surface area contributed by atoms with Gasteiger partial charge in [-0.05, 0) is 55.2 Å². The molecule has 1 aromatic heterocycles. The van der Waals surface area contributed by atoms with Gasteiger partial charge in [0.1, 0.15) is 12.6 Å². The fourth-order valence-corrected chi connectivity index (χ4v) is 5.00. The first-order chi connectivity index (χ1) is 18.4. The second kappa shape index (κ2) is 12.8. The zero-order chi connectivity index (χ0) is 27.2. The van der Waals surface area contributed by atoms with Crippen LogP contribution in [-0.4, -0.2) is 40.2 Å². The van der Waals surface area contributed by atoms with Crippen molar-refractivity contribution >= 4 is 46.9 Å². The number of carbonyl (C=O) groups is 1. The number of benzene rings is 2. The van der Waals surface area contributed by atoms with Crippen LogP contribution in [0.3, 0.4) is 0 Å². The molecule has 1 atom stereocenters. The van der Waals surface area contributed by atoms with Crippen LogP contribution in [0.4, 0.5) is 5.95 Å². The highest BCUT2D eigenvalue weighted by molar-refractivity contribution is 7.99. The molecule has 1 unspecified atom stereocenters. The Bertz CT molecular complexity index is 1340. The fourth-order valence-electron chi connectivity index (χ4n) is 3.99. The van der Waals surface area contributed by atoms with Crippen molar-refractivity contribution in [2.75, 3.05) is 24.8 Å². The van der Waals surface area contributed by atoms with Crippen molar-refractivity contribution in [3.8, 4) is 11.5 Å². The molecule has 4 rings (SSSR count). The van der Waals surface area contributed by atoms with Crippen LogP contribution in [0.15, 0.2) is 52.8 Å². The van der Waals surface area contributed by atoms with E-state index in [1.54, 1.807) is 35.7 Å². The number of rotatable bonds is 11. The first-order valence-electron chi connectivity index (χ1n) is 12.3. The van der Waals surface area contributed by atoms with E-state index in [0.717, 1.165) is 29.7 Å². The van der Waals surface area contributed by atoms with Crippen LogP contribution in [0, 0.1) is 0 Å². The van der Waals surface area contributed by atoms with Gasteiger partial charge >= 0.3 is 5.97 Å². The smallest absolute Gasteiger partial charge is 0.338 e. The molecule has 0 fully saturated rings. The number of fused-ring (bicyclic) bond motifs is 1. The molecule has 0 bridgehead atoms. The lowest BCUT2D eigenvalue weighted by Gasteiger charge is -2.28. The van der Waals surface area contributed by atoms with E-state index in [1.165, 1.54) is 0 Å². The Labute approximate surface area is 236 Å². The second-order valence-corrected chi connectivity index (χ2v) is 10.5. The average molecular weight is 578 g/mol. The van der Waals surface area contributed by atoms with Gasteiger partial charge < -0.3 is 19.5 Å². The van der Waals surface area contributed by atoms with E-state index in [9.17, 15) is 4.79 Å². The summed E-state index contributed by atoms with van der Waals surface area (Å²) in [6.07, 6.45) is 1.72. The number of aromatic nitrogens is 3. The standard InChI is InChI=1S/C27H30Cl2N4O4S/c1-5-11-36-25(34)23-16(3)30-26-31-27(38-12-6-2)32-33(26)24(23)18-8-10-21(22(14-18)35-4)37-15-17-7-9-19(28)20(29)13-17/h7-10,13-14,24H,5-6,11-12,15H2,1-4H3,(H,30,31,32). The maximum atomic E-state index is 13.2. The van der Waals surface area contributed by atoms with E-state index in [0.29, 0.717) is 50.5 Å². The maximum absolute atomic E-state index is 13.2. The number of nitrogens with zero attached hydrogens (tertiary/aromatic N) is 3. The Hall–Kier alpha value is -2.88. The SMILES string of the molecule is CCCOC(=O)C1=C(C)Nc2nc(SCCC)nn2C1c1ccc(OCc2ccc(Cl)c(Cl)c2)c(OC)c1. The van der Waals surface area contributed by atoms with Gasteiger partial charge in [-0.25, -0.2) is 9.48 Å². The van der Waals surface area contributed by atoms with Crippen LogP contribution in [-0.2, 0) is 16.1 Å². The lowest BCUT2D eigenvalue weighted by atomic mass is 9.95. The summed E-state index contributed by atoms with van der Waals surface area (Å²) in [4.78, 5) is 17.9. The van der Waals surface area contributed by atoms with Crippen molar-refractivity contribution < 1.29 is 19.0 Å². The molecular weight excluding hydrogens is 547 g/mol. The maximum Gasteiger partial charge on any atom is 0.338 e. The van der Waals surface area contributed by atoms with Gasteiger partial charge in [-0.3, -0.25) is 0 Å². The molecule has 11 heteroatoms. The number of halogens is 2. The van der Waals surface area contributed by atoms with Crippen molar-refractivity contribution in [1.82, 2.24) is 14.8 Å². The molecule has 1 N–H and O–H groups in total. The second-order valence-electron chi connectivity index (χ2n) is 8.66. The molecule has 1 aliphatic heterocycles. The summed E-state index contributed by atoms with van der Waals surface area (Å²) < 4.78 is 19.0. The topological polar surface area (TPSA) is 87.5 Å². The van der Waals surface area contributed by atoms with E-state index in [4.69, 9.17) is 42.5 Å². The summed E-state index contributed by atoms with van der Waals surface area (Å²) in [6, 6.07) is 10.4. The number of methoxy groups -OCH3 is 1. The predicted octanol–water partition coefficient (Wildman–Crippen LogP) is 6.92. The zero-order valence-corrected chi connectivity index (χ0v) is 24.0. The minimum absolute atomic E-state index is 0.277. The zero-order valence-electron chi connectivity index (χ0n) is 21.7. The molecule has 0 radical (unpaired) electrons. The van der Waals surface area contributed by atoms with Crippen LogP contribution >= 0.6 is 35.0 Å². The molecule has 0 saturated carbocycles. The average Bonchev–Trinajstić information content (AvgIpc) is 3.32. The minimum Gasteiger partial charge on any atom is -0.493 e. The third-order valence-corrected chi connectivity index (χ3v) is 7.59. The lowest BCUT2D eigenvalue weighted by molar-refractivity contribution is -0.139. The van der Waals surface area contributed by atoms with Gasteiger partial charge in [-0.2, -0.15) is 4.98 Å². The van der Waals surface area contributed by atoms with Gasteiger partial charge in [0.15, 0.2) is 11.5 Å². The molecule has 3 aromatic rings. The molecule has 8 nitrogen and oxygen atoms in total. The van der Waals surface area contributed by atoms with Crippen LogP contribution in [0.2, 0.25) is 10.0 Å². The summed E-state index contributed by atoms with van der Waals surface area (Å²) in [5, 5.41) is 9.55. The number of allylic oxidation sites excluding steroid dienone is 1. The highest BCUT2D eigenvalue weighted by atomic mass is 35.5. The predicted molar refractivity (Wildman–Crippen MR) is 151 cm³/mol. The quantitative estimate of drug-likeness (QED) is 0.194. The van der Waals surface area contributed by atoms with Crippen molar-refractivity contribution in [3.63, 3.8) is 0 Å². The van der Waals surface area contributed by atoms with E-state index < -0.39 is 12.0 Å². The number of hydrogen-bond acceptors (Lipinski definition) is 8. The van der Waals surface area contributed by atoms with Crippen molar-refractivity contribution in [2.45, 2.75) is 51.4 Å². The van der Waals surface area contributed by atoms with Crippen LogP contribution in [0.1, 0.15) is 50.8 Å². The Morgan fingerprint density at radius 2 is 1.92 bits per heavy atom. The molecular formula is C27H30Cl2N4O4S. The third-order valence-electron chi connectivity index (χ3n) is 5.81. The van der Waals surface area contributed by atoms with Gasteiger partial charge in [-0.15, -0.1) is 5.10 Å². The number of thioether (sulfide) groups is 1. The van der Waals surface area contributed by atoms with Gasteiger partial charge in [-0.1, -0.05) is 60.9 Å². The first-order valence-corrected chi connectivity index (χ1v) is 14.1. The Balaban J connectivity index is 1.69. The first kappa shape index (κ1) is 28.1. The van der Waals surface area contributed by atoms with E-state index >= 15 is 0 Å². The summed E-state index contributed by atoms with van der Waals surface area (Å²) >= 11 is 13.7. The number of esters is 1. The fraction of sp³-hybridized carbons (Fsp3) is 0.370. The summed E-state index contributed by atoms with van der Waals surface area (Å²) in [7, 11) is 1.57. The van der Waals surface area contributed by atoms with Crippen LogP contribution in [0.25, 0.3) is 0 Å². The van der Waals surface area contributed by atoms with E-state index in [2.05, 4.69) is 17.2 Å². The summed E-state index contributed by atoms with van der Waals surface area (Å²) in [6.45, 7) is 6.51. The highest BCUT2D eigenvalue weighted by Crippen LogP contribution is 2.40. The van der Waals surface area contributed by atoms with Gasteiger partial charge in [0.05, 0.1) is 29.3 Å². The van der Waals surface area contributed by atoms with E-state index in [1.807, 2.05) is 38.1 Å². The van der Waals surface area contributed by atoms with Crippen LogP contribution in [0.5, 0.6) is 11.5 Å². The largest absolute Gasteiger partial charge is 0.493 e. The van der Waals surface area contributed by atoms with Gasteiger partial charge in [0.2, 0.25) is 11.1 Å². The van der Waals surface area contributed by atoms with Gasteiger partial charge in [0.25, 0.3) is 0 Å². The monoisotopic (exact) mass is 576 g/mol. The highest BCUT2D eigenvalue weighted by Gasteiger charge is 2.35. The number of ether oxygens (including phenoxy) is 3. The summed E-state index contributed by atoms with van der Waals surface area (Å²) in [5.74, 6) is 2.12.